The van der Waals surface area contributed by atoms with Gasteiger partial charge >= 0.3 is 6.03 Å². The van der Waals surface area contributed by atoms with Crippen LogP contribution in [0.1, 0.15) is 6.42 Å². The molecule has 3 rings (SSSR count). The number of aromatic nitrogens is 1. The molecule has 0 spiro atoms. The Bertz CT molecular complexity index is 628. The number of pyridine rings is 1. The molecular weight excluding hydrogens is 322 g/mol. The summed E-state index contributed by atoms with van der Waals surface area (Å²) in [5.74, 6) is 0.229. The lowest BCUT2D eigenvalue weighted by molar-refractivity contribution is -0.134. The van der Waals surface area contributed by atoms with Crippen molar-refractivity contribution in [1.82, 2.24) is 20.5 Å². The minimum absolute atomic E-state index is 0.0171. The fourth-order valence-electron chi connectivity index (χ4n) is 2.65. The second-order valence-corrected chi connectivity index (χ2v) is 5.86. The van der Waals surface area contributed by atoms with Crippen molar-refractivity contribution in [2.75, 3.05) is 31.1 Å². The quantitative estimate of drug-likeness (QED) is 0.756. The molecule has 9 heteroatoms. The van der Waals surface area contributed by atoms with E-state index in [9.17, 15) is 14.4 Å². The van der Waals surface area contributed by atoms with Gasteiger partial charge in [0.05, 0.1) is 11.4 Å². The van der Waals surface area contributed by atoms with Gasteiger partial charge in [0.25, 0.3) is 5.91 Å². The van der Waals surface area contributed by atoms with Gasteiger partial charge in [0.15, 0.2) is 0 Å². The number of carbonyl (C=O) groups excluding carboxylic acids is 3. The first-order valence-electron chi connectivity index (χ1n) is 7.28. The molecule has 4 amide bonds. The summed E-state index contributed by atoms with van der Waals surface area (Å²) in [4.78, 5) is 42.8. The van der Waals surface area contributed by atoms with E-state index in [1.807, 2.05) is 6.07 Å². The van der Waals surface area contributed by atoms with E-state index < -0.39 is 18.0 Å². The Morgan fingerprint density at radius 1 is 1.26 bits per heavy atom. The Kier molecular flexibility index (Phi) is 4.33. The van der Waals surface area contributed by atoms with Crippen LogP contribution >= 0.6 is 11.6 Å². The van der Waals surface area contributed by atoms with E-state index in [4.69, 9.17) is 11.6 Å². The molecule has 0 aromatic carbocycles. The summed E-state index contributed by atoms with van der Waals surface area (Å²) in [5.41, 5.74) is 0. The Labute approximate surface area is 137 Å². The van der Waals surface area contributed by atoms with Crippen molar-refractivity contribution < 1.29 is 14.4 Å². The summed E-state index contributed by atoms with van der Waals surface area (Å²) in [7, 11) is 0. The van der Waals surface area contributed by atoms with Crippen LogP contribution in [0.3, 0.4) is 0 Å². The number of urea groups is 1. The van der Waals surface area contributed by atoms with Crippen molar-refractivity contribution >= 4 is 35.3 Å². The first-order chi connectivity index (χ1) is 11.0. The zero-order valence-corrected chi connectivity index (χ0v) is 13.0. The molecule has 3 heterocycles. The van der Waals surface area contributed by atoms with Crippen LogP contribution < -0.4 is 15.5 Å². The summed E-state index contributed by atoms with van der Waals surface area (Å²) in [5, 5.41) is 5.14. The van der Waals surface area contributed by atoms with Gasteiger partial charge in [-0.25, -0.2) is 9.78 Å². The fraction of sp³-hybridized carbons (Fsp3) is 0.429. The average Bonchev–Trinajstić information content (AvgIpc) is 2.86. The number of carbonyl (C=O) groups is 3. The molecule has 0 bridgehead atoms. The van der Waals surface area contributed by atoms with Crippen molar-refractivity contribution in [3.63, 3.8) is 0 Å². The highest BCUT2D eigenvalue weighted by atomic mass is 35.5. The van der Waals surface area contributed by atoms with Gasteiger partial charge in [-0.3, -0.25) is 14.9 Å². The fourth-order valence-corrected chi connectivity index (χ4v) is 2.76. The molecule has 0 aliphatic carbocycles. The second-order valence-electron chi connectivity index (χ2n) is 5.42. The maximum Gasteiger partial charge on any atom is 0.322 e. The molecule has 0 saturated carbocycles. The van der Waals surface area contributed by atoms with Crippen LogP contribution in [0.15, 0.2) is 18.3 Å². The van der Waals surface area contributed by atoms with E-state index in [1.165, 1.54) is 0 Å². The number of nitrogens with zero attached hydrogens (tertiary/aromatic N) is 3. The first kappa shape index (κ1) is 15.5. The van der Waals surface area contributed by atoms with E-state index in [1.54, 1.807) is 17.2 Å². The van der Waals surface area contributed by atoms with Gasteiger partial charge in [0, 0.05) is 32.4 Å². The Morgan fingerprint density at radius 2 is 2.00 bits per heavy atom. The number of anilines is 1. The molecule has 1 aromatic rings. The van der Waals surface area contributed by atoms with Crippen molar-refractivity contribution in [2.45, 2.75) is 12.5 Å². The minimum Gasteiger partial charge on any atom is -0.353 e. The third kappa shape index (κ3) is 3.53. The van der Waals surface area contributed by atoms with Gasteiger partial charge < -0.3 is 15.1 Å². The van der Waals surface area contributed by atoms with Gasteiger partial charge in [0.1, 0.15) is 11.9 Å². The summed E-state index contributed by atoms with van der Waals surface area (Å²) in [6, 6.07) is 2.30. The lowest BCUT2D eigenvalue weighted by atomic mass is 10.1. The van der Waals surface area contributed by atoms with Crippen molar-refractivity contribution in [3.05, 3.63) is 23.4 Å². The van der Waals surface area contributed by atoms with Crippen LogP contribution in [0, 0.1) is 0 Å². The molecule has 2 aliphatic rings. The Morgan fingerprint density at radius 3 is 2.57 bits per heavy atom. The normalized spacial score (nSPS) is 21.2. The molecule has 1 atom stereocenters. The number of amides is 4. The monoisotopic (exact) mass is 337 g/mol. The summed E-state index contributed by atoms with van der Waals surface area (Å²) in [6.45, 7) is 2.41. The zero-order valence-electron chi connectivity index (χ0n) is 12.3. The molecule has 2 saturated heterocycles. The van der Waals surface area contributed by atoms with Crippen molar-refractivity contribution in [3.8, 4) is 0 Å². The van der Waals surface area contributed by atoms with Crippen LogP contribution in [0.5, 0.6) is 0 Å². The smallest absolute Gasteiger partial charge is 0.322 e. The van der Waals surface area contributed by atoms with Crippen molar-refractivity contribution in [2.24, 2.45) is 0 Å². The summed E-state index contributed by atoms with van der Waals surface area (Å²) in [6.07, 6.45) is 1.58. The molecular formula is C14H16ClN5O3. The van der Waals surface area contributed by atoms with E-state index in [0.717, 1.165) is 5.82 Å². The Hall–Kier alpha value is -2.35. The zero-order chi connectivity index (χ0) is 16.4. The van der Waals surface area contributed by atoms with Crippen LogP contribution in [-0.4, -0.2) is 60.0 Å². The molecule has 2 N–H and O–H groups in total. The standard InChI is InChI=1S/C14H16ClN5O3/c15-9-1-2-11(16-8-9)19-3-5-20(6-4-19)12(21)7-10-13(22)18-14(23)17-10/h1-2,8,10H,3-7H2,(H2,17,18,22,23)/t10-/m1/s1. The highest BCUT2D eigenvalue weighted by Crippen LogP contribution is 2.16. The molecule has 2 fully saturated rings. The third-order valence-electron chi connectivity index (χ3n) is 3.91. The molecule has 1 aromatic heterocycles. The Balaban J connectivity index is 1.52. The lowest BCUT2D eigenvalue weighted by Gasteiger charge is -2.35. The van der Waals surface area contributed by atoms with Crippen LogP contribution in [0.2, 0.25) is 5.02 Å². The van der Waals surface area contributed by atoms with Crippen molar-refractivity contribution in [1.29, 1.82) is 0 Å². The van der Waals surface area contributed by atoms with E-state index in [2.05, 4.69) is 20.5 Å². The predicted octanol–water partition coefficient (Wildman–Crippen LogP) is -0.0183. The molecule has 8 nitrogen and oxygen atoms in total. The summed E-state index contributed by atoms with van der Waals surface area (Å²) >= 11 is 5.82. The minimum atomic E-state index is -0.772. The van der Waals surface area contributed by atoms with Gasteiger partial charge in [-0.15, -0.1) is 0 Å². The molecule has 122 valence electrons. The third-order valence-corrected chi connectivity index (χ3v) is 4.13. The maximum absolute atomic E-state index is 12.2. The first-order valence-corrected chi connectivity index (χ1v) is 7.66. The van der Waals surface area contributed by atoms with Crippen LogP contribution in [0.4, 0.5) is 10.6 Å². The molecule has 23 heavy (non-hydrogen) atoms. The molecule has 2 aliphatic heterocycles. The largest absolute Gasteiger partial charge is 0.353 e. The lowest BCUT2D eigenvalue weighted by Crippen LogP contribution is -2.50. The average molecular weight is 338 g/mol. The number of hydrogen-bond acceptors (Lipinski definition) is 5. The highest BCUT2D eigenvalue weighted by Gasteiger charge is 2.33. The second kappa shape index (κ2) is 6.41. The molecule has 0 radical (unpaired) electrons. The van der Waals surface area contributed by atoms with E-state index in [-0.39, 0.29) is 12.3 Å². The van der Waals surface area contributed by atoms with Crippen LogP contribution in [0.25, 0.3) is 0 Å². The topological polar surface area (TPSA) is 94.6 Å². The SMILES string of the molecule is O=C1NC(=O)[C@@H](CC(=O)N2CCN(c3ccc(Cl)cn3)CC2)N1. The number of halogens is 1. The van der Waals surface area contributed by atoms with E-state index >= 15 is 0 Å². The van der Waals surface area contributed by atoms with Gasteiger partial charge in [-0.05, 0) is 12.1 Å². The van der Waals surface area contributed by atoms with E-state index in [0.29, 0.717) is 31.2 Å². The number of hydrogen-bond donors (Lipinski definition) is 2. The number of piperazine rings is 1. The maximum atomic E-state index is 12.2. The summed E-state index contributed by atoms with van der Waals surface area (Å²) < 4.78 is 0. The van der Waals surface area contributed by atoms with Crippen LogP contribution in [-0.2, 0) is 9.59 Å². The molecule has 0 unspecified atom stereocenters. The number of nitrogens with one attached hydrogen (secondary N) is 2. The number of imide groups is 1. The van der Waals surface area contributed by atoms with Gasteiger partial charge in [-0.2, -0.15) is 0 Å². The predicted molar refractivity (Wildman–Crippen MR) is 83.1 cm³/mol. The highest BCUT2D eigenvalue weighted by molar-refractivity contribution is 6.30. The van der Waals surface area contributed by atoms with Gasteiger partial charge in [-0.1, -0.05) is 11.6 Å². The van der Waals surface area contributed by atoms with Gasteiger partial charge in [0.2, 0.25) is 5.91 Å². The number of rotatable bonds is 3.